The Kier molecular flexibility index (Phi) is 7.42. The molecule has 1 aliphatic heterocycles. The minimum Gasteiger partial charge on any atom is -0.487 e. The van der Waals surface area contributed by atoms with Crippen molar-refractivity contribution in [3.63, 3.8) is 0 Å². The van der Waals surface area contributed by atoms with E-state index in [0.717, 1.165) is 5.56 Å². The number of hydrogen-bond donors (Lipinski definition) is 1. The largest absolute Gasteiger partial charge is 0.487 e. The Balaban J connectivity index is 2.15. The number of carbonyl (C=O) groups is 1. The summed E-state index contributed by atoms with van der Waals surface area (Å²) in [5.74, 6) is -0.198. The van der Waals surface area contributed by atoms with Gasteiger partial charge in [0.15, 0.2) is 0 Å². The molecule has 3 rings (SSSR count). The lowest BCUT2D eigenvalue weighted by Crippen LogP contribution is -2.50. The monoisotopic (exact) mass is 471 g/mol. The van der Waals surface area contributed by atoms with Gasteiger partial charge in [0.1, 0.15) is 16.7 Å². The van der Waals surface area contributed by atoms with E-state index in [0.29, 0.717) is 11.1 Å². The summed E-state index contributed by atoms with van der Waals surface area (Å²) < 4.78 is 34.6. The number of likely N-dealkylation sites (N-methyl/N-ethyl adjacent to an activating group) is 1. The Bertz CT molecular complexity index is 1170. The summed E-state index contributed by atoms with van der Waals surface area (Å²) in [6, 6.07) is 13.3. The van der Waals surface area contributed by atoms with Gasteiger partial charge in [-0.2, -0.15) is 9.57 Å². The fourth-order valence-electron chi connectivity index (χ4n) is 3.79. The summed E-state index contributed by atoms with van der Waals surface area (Å²) in [5.41, 5.74) is 1.95. The number of carbonyl (C=O) groups excluding carboxylic acids is 1. The molecule has 0 saturated carbocycles. The molecule has 1 aliphatic rings. The molecule has 0 saturated heterocycles. The van der Waals surface area contributed by atoms with E-state index >= 15 is 0 Å². The Morgan fingerprint density at radius 1 is 1.30 bits per heavy atom. The van der Waals surface area contributed by atoms with Crippen molar-refractivity contribution in [1.82, 2.24) is 9.21 Å². The molecule has 9 heteroatoms. The topological polar surface area (TPSA) is 111 Å². The van der Waals surface area contributed by atoms with Crippen LogP contribution in [-0.2, 0) is 14.8 Å². The molecule has 3 atom stereocenters. The molecule has 33 heavy (non-hydrogen) atoms. The van der Waals surface area contributed by atoms with E-state index in [4.69, 9.17) is 4.74 Å². The van der Waals surface area contributed by atoms with Crippen LogP contribution in [0.2, 0.25) is 0 Å². The first-order valence-electron chi connectivity index (χ1n) is 10.7. The summed E-state index contributed by atoms with van der Waals surface area (Å²) in [6.07, 6.45) is -0.470. The number of sulfonamides is 1. The van der Waals surface area contributed by atoms with Crippen molar-refractivity contribution in [2.45, 2.75) is 37.8 Å². The second-order valence-electron chi connectivity index (χ2n) is 8.49. The van der Waals surface area contributed by atoms with Gasteiger partial charge in [-0.1, -0.05) is 25.1 Å². The molecular weight excluding hydrogens is 442 g/mol. The highest BCUT2D eigenvalue weighted by Gasteiger charge is 2.38. The molecule has 0 spiro atoms. The predicted molar refractivity (Wildman–Crippen MR) is 124 cm³/mol. The Morgan fingerprint density at radius 3 is 2.64 bits per heavy atom. The van der Waals surface area contributed by atoms with Gasteiger partial charge in [0.25, 0.3) is 0 Å². The molecule has 0 fully saturated rings. The number of nitrogens with zero attached hydrogens (tertiary/aromatic N) is 3. The number of aliphatic hydroxyl groups is 1. The lowest BCUT2D eigenvalue weighted by Gasteiger charge is -2.37. The molecule has 176 valence electrons. The van der Waals surface area contributed by atoms with Crippen LogP contribution in [0.3, 0.4) is 0 Å². The molecule has 0 unspecified atom stereocenters. The third-order valence-electron chi connectivity index (χ3n) is 5.98. The second-order valence-corrected chi connectivity index (χ2v) is 10.4. The van der Waals surface area contributed by atoms with E-state index in [-0.39, 0.29) is 42.2 Å². The predicted octanol–water partition coefficient (Wildman–Crippen LogP) is 2.47. The zero-order chi connectivity index (χ0) is 24.3. The number of ether oxygens (including phenoxy) is 1. The highest BCUT2D eigenvalue weighted by atomic mass is 32.2. The Hall–Kier alpha value is -2.93. The lowest BCUT2D eigenvalue weighted by atomic mass is 10.0. The van der Waals surface area contributed by atoms with E-state index in [1.165, 1.54) is 22.2 Å². The van der Waals surface area contributed by atoms with E-state index in [2.05, 4.69) is 6.07 Å². The number of nitriles is 1. The summed E-state index contributed by atoms with van der Waals surface area (Å²) in [5, 5.41) is 18.9. The van der Waals surface area contributed by atoms with Crippen LogP contribution in [0.15, 0.2) is 47.4 Å². The fourth-order valence-corrected chi connectivity index (χ4v) is 5.62. The molecule has 0 aliphatic carbocycles. The maximum Gasteiger partial charge on any atom is 0.247 e. The van der Waals surface area contributed by atoms with Gasteiger partial charge < -0.3 is 14.7 Å². The highest BCUT2D eigenvalue weighted by Crippen LogP contribution is 2.36. The molecule has 8 nitrogen and oxygen atoms in total. The van der Waals surface area contributed by atoms with Crippen LogP contribution >= 0.6 is 0 Å². The summed E-state index contributed by atoms with van der Waals surface area (Å²) >= 11 is 0. The van der Waals surface area contributed by atoms with Crippen LogP contribution in [0.25, 0.3) is 11.1 Å². The number of benzene rings is 2. The quantitative estimate of drug-likeness (QED) is 0.717. The summed E-state index contributed by atoms with van der Waals surface area (Å²) in [4.78, 5) is 13.4. The number of fused-ring (bicyclic) bond motifs is 1. The summed E-state index contributed by atoms with van der Waals surface area (Å²) in [7, 11) is -2.28. The minimum atomic E-state index is -3.95. The highest BCUT2D eigenvalue weighted by molar-refractivity contribution is 7.89. The third kappa shape index (κ3) is 5.19. The zero-order valence-corrected chi connectivity index (χ0v) is 20.0. The fraction of sp³-hybridized carbons (Fsp3) is 0.417. The molecule has 1 heterocycles. The standard InChI is InChI=1S/C24H29N3O5S/c1-16-13-27(17(2)15-28)33(30,31)24-9-8-21(20-7-5-6-19(10-20)12-25)11-22(24)32-23(16)14-26(4)18(3)29/h5-11,16-17,23,28H,13-15H2,1-4H3/t16-,17+,23+/m0/s1. The Morgan fingerprint density at radius 2 is 2.00 bits per heavy atom. The van der Waals surface area contributed by atoms with Gasteiger partial charge in [0.2, 0.25) is 15.9 Å². The molecular formula is C24H29N3O5S. The van der Waals surface area contributed by atoms with Gasteiger partial charge in [-0.05, 0) is 42.3 Å². The van der Waals surface area contributed by atoms with E-state index < -0.39 is 22.2 Å². The van der Waals surface area contributed by atoms with Crippen LogP contribution in [0, 0.1) is 17.2 Å². The third-order valence-corrected chi connectivity index (χ3v) is 8.00. The number of rotatable bonds is 5. The molecule has 0 aromatic heterocycles. The maximum absolute atomic E-state index is 13.5. The van der Waals surface area contributed by atoms with Crippen molar-refractivity contribution < 1.29 is 23.1 Å². The second kappa shape index (κ2) is 9.91. The van der Waals surface area contributed by atoms with Gasteiger partial charge in [-0.25, -0.2) is 8.42 Å². The minimum absolute atomic E-state index is 0.00497. The van der Waals surface area contributed by atoms with Crippen molar-refractivity contribution in [1.29, 1.82) is 5.26 Å². The van der Waals surface area contributed by atoms with Crippen molar-refractivity contribution >= 4 is 15.9 Å². The summed E-state index contributed by atoms with van der Waals surface area (Å²) in [6.45, 7) is 5.10. The van der Waals surface area contributed by atoms with Crippen LogP contribution in [0.4, 0.5) is 0 Å². The van der Waals surface area contributed by atoms with Crippen LogP contribution in [-0.4, -0.2) is 67.5 Å². The van der Waals surface area contributed by atoms with Gasteiger partial charge in [0.05, 0.1) is 24.8 Å². The average Bonchev–Trinajstić information content (AvgIpc) is 2.80. The SMILES string of the molecule is CC(=O)N(C)C[C@H]1Oc2cc(-c3cccc(C#N)c3)ccc2S(=O)(=O)N([C@H](C)CO)C[C@@H]1C. The van der Waals surface area contributed by atoms with Crippen LogP contribution in [0.5, 0.6) is 5.75 Å². The molecule has 2 aromatic carbocycles. The van der Waals surface area contributed by atoms with Crippen molar-refractivity contribution in [2.24, 2.45) is 5.92 Å². The molecule has 0 radical (unpaired) electrons. The van der Waals surface area contributed by atoms with Gasteiger partial charge in [-0.15, -0.1) is 0 Å². The number of amides is 1. The molecule has 0 bridgehead atoms. The van der Waals surface area contributed by atoms with Gasteiger partial charge >= 0.3 is 0 Å². The number of hydrogen-bond acceptors (Lipinski definition) is 6. The average molecular weight is 472 g/mol. The van der Waals surface area contributed by atoms with Crippen molar-refractivity contribution in [3.8, 4) is 22.9 Å². The molecule has 1 amide bonds. The van der Waals surface area contributed by atoms with E-state index in [1.807, 2.05) is 13.0 Å². The van der Waals surface area contributed by atoms with Crippen LogP contribution < -0.4 is 4.74 Å². The van der Waals surface area contributed by atoms with Crippen molar-refractivity contribution in [3.05, 3.63) is 48.0 Å². The zero-order valence-electron chi connectivity index (χ0n) is 19.2. The first-order valence-corrected chi connectivity index (χ1v) is 12.2. The van der Waals surface area contributed by atoms with Gasteiger partial charge in [-0.3, -0.25) is 4.79 Å². The lowest BCUT2D eigenvalue weighted by molar-refractivity contribution is -0.129. The molecule has 2 aromatic rings. The maximum atomic E-state index is 13.5. The first kappa shape index (κ1) is 24.7. The van der Waals surface area contributed by atoms with Crippen molar-refractivity contribution in [2.75, 3.05) is 26.7 Å². The Labute approximate surface area is 195 Å². The van der Waals surface area contributed by atoms with Gasteiger partial charge in [0, 0.05) is 32.5 Å². The van der Waals surface area contributed by atoms with E-state index in [1.54, 1.807) is 44.3 Å². The van der Waals surface area contributed by atoms with E-state index in [9.17, 15) is 23.6 Å². The normalized spacial score (nSPS) is 21.0. The first-order chi connectivity index (χ1) is 15.6. The number of aliphatic hydroxyl groups excluding tert-OH is 1. The van der Waals surface area contributed by atoms with Crippen LogP contribution in [0.1, 0.15) is 26.3 Å². The molecule has 1 N–H and O–H groups in total. The smallest absolute Gasteiger partial charge is 0.247 e.